The van der Waals surface area contributed by atoms with Crippen LogP contribution in [0, 0.1) is 17.8 Å². The van der Waals surface area contributed by atoms with E-state index in [-0.39, 0.29) is 5.92 Å². The first-order chi connectivity index (χ1) is 9.63. The Hall–Kier alpha value is -1.25. The Balaban J connectivity index is 1.45. The van der Waals surface area contributed by atoms with Crippen molar-refractivity contribution in [3.8, 4) is 0 Å². The van der Waals surface area contributed by atoms with Gasteiger partial charge >= 0.3 is 0 Å². The lowest BCUT2D eigenvalue weighted by atomic mass is 10.2. The van der Waals surface area contributed by atoms with E-state index in [1.807, 2.05) is 0 Å². The molecule has 3 aliphatic rings. The molecule has 1 heterocycles. The third-order valence-electron chi connectivity index (χ3n) is 5.18. The summed E-state index contributed by atoms with van der Waals surface area (Å²) in [5, 5.41) is 0. The molecule has 1 aromatic heterocycles. The number of carbonyl (C=O) groups excluding carboxylic acids is 1. The van der Waals surface area contributed by atoms with Crippen molar-refractivity contribution in [2.24, 2.45) is 17.8 Å². The van der Waals surface area contributed by atoms with Gasteiger partial charge in [0.15, 0.2) is 0 Å². The molecule has 0 aliphatic heterocycles. The first-order valence-electron chi connectivity index (χ1n) is 8.02. The lowest BCUT2D eigenvalue weighted by Gasteiger charge is -2.21. The zero-order valence-corrected chi connectivity index (χ0v) is 12.3. The number of nitrogens with zero attached hydrogens (tertiary/aromatic N) is 1. The third kappa shape index (κ3) is 2.27. The average molecular weight is 273 g/mol. The highest BCUT2D eigenvalue weighted by Gasteiger charge is 2.45. The summed E-state index contributed by atoms with van der Waals surface area (Å²) in [6, 6.07) is 4.65. The SMILES string of the molecule is C[C@@H]1C[C@@H]1C(=O)N(Cc1ccc([C@@H]2C[C@@H]2C)o1)C1CC1. The van der Waals surface area contributed by atoms with Crippen molar-refractivity contribution < 1.29 is 9.21 Å². The fourth-order valence-electron chi connectivity index (χ4n) is 3.22. The van der Waals surface area contributed by atoms with Gasteiger partial charge in [0, 0.05) is 17.9 Å². The molecule has 0 unspecified atom stereocenters. The molecule has 0 radical (unpaired) electrons. The summed E-state index contributed by atoms with van der Waals surface area (Å²) >= 11 is 0. The van der Waals surface area contributed by atoms with E-state index in [1.54, 1.807) is 0 Å². The second kappa shape index (κ2) is 4.37. The Labute approximate surface area is 120 Å². The van der Waals surface area contributed by atoms with Crippen LogP contribution < -0.4 is 0 Å². The van der Waals surface area contributed by atoms with Gasteiger partial charge in [-0.2, -0.15) is 0 Å². The van der Waals surface area contributed by atoms with Crippen molar-refractivity contribution in [2.75, 3.05) is 0 Å². The molecule has 0 N–H and O–H groups in total. The van der Waals surface area contributed by atoms with Crippen LogP contribution in [0.15, 0.2) is 16.5 Å². The molecule has 1 amide bonds. The van der Waals surface area contributed by atoms with Gasteiger partial charge in [0.05, 0.1) is 6.54 Å². The van der Waals surface area contributed by atoms with Crippen molar-refractivity contribution >= 4 is 5.91 Å². The van der Waals surface area contributed by atoms with Crippen LogP contribution in [0.5, 0.6) is 0 Å². The minimum Gasteiger partial charge on any atom is -0.464 e. The molecule has 3 nitrogen and oxygen atoms in total. The normalized spacial score (nSPS) is 34.9. The van der Waals surface area contributed by atoms with E-state index in [0.717, 1.165) is 23.9 Å². The van der Waals surface area contributed by atoms with Crippen LogP contribution in [-0.4, -0.2) is 16.8 Å². The molecule has 3 fully saturated rings. The van der Waals surface area contributed by atoms with Gasteiger partial charge in [-0.3, -0.25) is 4.79 Å². The Morgan fingerprint density at radius 2 is 1.95 bits per heavy atom. The minimum atomic E-state index is 0.286. The van der Waals surface area contributed by atoms with E-state index in [9.17, 15) is 4.79 Å². The molecule has 3 saturated carbocycles. The largest absolute Gasteiger partial charge is 0.464 e. The molecule has 0 spiro atoms. The van der Waals surface area contributed by atoms with E-state index < -0.39 is 0 Å². The predicted octanol–water partition coefficient (Wildman–Crippen LogP) is 3.55. The van der Waals surface area contributed by atoms with Crippen LogP contribution in [0.25, 0.3) is 0 Å². The van der Waals surface area contributed by atoms with Crippen molar-refractivity contribution in [1.29, 1.82) is 0 Å². The first kappa shape index (κ1) is 12.5. The number of rotatable bonds is 5. The first-order valence-corrected chi connectivity index (χ1v) is 8.02. The zero-order chi connectivity index (χ0) is 13.9. The van der Waals surface area contributed by atoms with E-state index >= 15 is 0 Å². The standard InChI is InChI=1S/C17H23NO2/c1-10-7-14(10)16-6-5-13(20-16)9-18(12-3-4-12)17(19)15-8-11(15)2/h5-6,10-12,14-15H,3-4,7-9H2,1-2H3/t10-,11+,14+,15-/m0/s1. The highest BCUT2D eigenvalue weighted by molar-refractivity contribution is 5.82. The van der Waals surface area contributed by atoms with E-state index in [4.69, 9.17) is 4.42 Å². The van der Waals surface area contributed by atoms with Gasteiger partial charge in [-0.05, 0) is 49.7 Å². The highest BCUT2D eigenvalue weighted by Crippen LogP contribution is 2.47. The lowest BCUT2D eigenvalue weighted by molar-refractivity contribution is -0.134. The number of hydrogen-bond donors (Lipinski definition) is 0. The van der Waals surface area contributed by atoms with Crippen molar-refractivity contribution in [3.05, 3.63) is 23.7 Å². The monoisotopic (exact) mass is 273 g/mol. The quantitative estimate of drug-likeness (QED) is 0.822. The summed E-state index contributed by atoms with van der Waals surface area (Å²) in [6.45, 7) is 5.11. The molecule has 0 aromatic carbocycles. The van der Waals surface area contributed by atoms with Crippen LogP contribution in [0.4, 0.5) is 0 Å². The molecule has 108 valence electrons. The van der Waals surface area contributed by atoms with Crippen molar-refractivity contribution in [3.63, 3.8) is 0 Å². The Bertz CT molecular complexity index is 531. The fourth-order valence-corrected chi connectivity index (χ4v) is 3.22. The van der Waals surface area contributed by atoms with E-state index in [1.165, 1.54) is 19.3 Å². The Morgan fingerprint density at radius 1 is 1.25 bits per heavy atom. The third-order valence-corrected chi connectivity index (χ3v) is 5.18. The number of carbonyl (C=O) groups is 1. The maximum absolute atomic E-state index is 12.5. The molecular weight excluding hydrogens is 250 g/mol. The Kier molecular flexibility index (Phi) is 2.73. The molecular formula is C17H23NO2. The molecule has 0 bridgehead atoms. The number of furan rings is 1. The van der Waals surface area contributed by atoms with Gasteiger partial charge in [-0.25, -0.2) is 0 Å². The average Bonchev–Trinajstić information content (AvgIpc) is 3.33. The van der Waals surface area contributed by atoms with Crippen LogP contribution >= 0.6 is 0 Å². The lowest BCUT2D eigenvalue weighted by Crippen LogP contribution is -2.34. The molecule has 0 saturated heterocycles. The van der Waals surface area contributed by atoms with Gasteiger partial charge in [-0.1, -0.05) is 13.8 Å². The fraction of sp³-hybridized carbons (Fsp3) is 0.706. The van der Waals surface area contributed by atoms with Crippen molar-refractivity contribution in [1.82, 2.24) is 4.90 Å². The molecule has 20 heavy (non-hydrogen) atoms. The van der Waals surface area contributed by atoms with Crippen LogP contribution in [0.2, 0.25) is 0 Å². The maximum atomic E-state index is 12.5. The summed E-state index contributed by atoms with van der Waals surface area (Å²) in [4.78, 5) is 14.6. The summed E-state index contributed by atoms with van der Waals surface area (Å²) in [5.74, 6) is 4.71. The maximum Gasteiger partial charge on any atom is 0.226 e. The summed E-state index contributed by atoms with van der Waals surface area (Å²) in [6.07, 6.45) is 4.66. The van der Waals surface area contributed by atoms with Crippen LogP contribution in [0.3, 0.4) is 0 Å². The van der Waals surface area contributed by atoms with Gasteiger partial charge in [0.25, 0.3) is 0 Å². The van der Waals surface area contributed by atoms with Crippen molar-refractivity contribution in [2.45, 2.75) is 58.0 Å². The summed E-state index contributed by atoms with van der Waals surface area (Å²) in [5.41, 5.74) is 0. The second-order valence-electron chi connectivity index (χ2n) is 7.14. The molecule has 3 aliphatic carbocycles. The van der Waals surface area contributed by atoms with Gasteiger partial charge in [0.2, 0.25) is 5.91 Å². The number of hydrogen-bond acceptors (Lipinski definition) is 2. The number of amides is 1. The minimum absolute atomic E-state index is 0.286. The molecule has 3 heteroatoms. The van der Waals surface area contributed by atoms with Gasteiger partial charge < -0.3 is 9.32 Å². The van der Waals surface area contributed by atoms with Gasteiger partial charge in [-0.15, -0.1) is 0 Å². The van der Waals surface area contributed by atoms with Gasteiger partial charge in [0.1, 0.15) is 11.5 Å². The van der Waals surface area contributed by atoms with Crippen LogP contribution in [0.1, 0.15) is 57.0 Å². The highest BCUT2D eigenvalue weighted by atomic mass is 16.3. The molecule has 4 atom stereocenters. The predicted molar refractivity (Wildman–Crippen MR) is 76.1 cm³/mol. The summed E-state index contributed by atoms with van der Waals surface area (Å²) in [7, 11) is 0. The van der Waals surface area contributed by atoms with Crippen LogP contribution in [-0.2, 0) is 11.3 Å². The summed E-state index contributed by atoms with van der Waals surface area (Å²) < 4.78 is 5.97. The van der Waals surface area contributed by atoms with E-state index in [0.29, 0.717) is 30.3 Å². The second-order valence-corrected chi connectivity index (χ2v) is 7.14. The molecule has 1 aromatic rings. The molecule has 4 rings (SSSR count). The smallest absolute Gasteiger partial charge is 0.226 e. The zero-order valence-electron chi connectivity index (χ0n) is 12.3. The Morgan fingerprint density at radius 3 is 2.50 bits per heavy atom. The topological polar surface area (TPSA) is 33.5 Å². The van der Waals surface area contributed by atoms with E-state index in [2.05, 4.69) is 30.9 Å².